The smallest absolute Gasteiger partial charge is 0.172 e. The van der Waals surface area contributed by atoms with Crippen LogP contribution >= 0.6 is 7.14 Å². The minimum absolute atomic E-state index is 0.404. The Labute approximate surface area is 218 Å². The summed E-state index contributed by atoms with van der Waals surface area (Å²) in [5.74, 6) is -0.808. The molecule has 0 saturated carbocycles. The Morgan fingerprint density at radius 2 is 0.868 bits per heavy atom. The highest BCUT2D eigenvalue weighted by Crippen LogP contribution is 2.49. The van der Waals surface area contributed by atoms with Gasteiger partial charge in [-0.15, -0.1) is 0 Å². The normalized spacial score (nSPS) is 12.1. The summed E-state index contributed by atoms with van der Waals surface area (Å²) >= 11 is 0. The van der Waals surface area contributed by atoms with Gasteiger partial charge in [0.25, 0.3) is 0 Å². The van der Waals surface area contributed by atoms with E-state index in [1.165, 1.54) is 24.3 Å². The largest absolute Gasteiger partial charge is 0.309 e. The van der Waals surface area contributed by atoms with E-state index in [1.807, 2.05) is 48.5 Å². The van der Waals surface area contributed by atoms with Gasteiger partial charge in [0.15, 0.2) is 7.14 Å². The monoisotopic (exact) mass is 514 g/mol. The van der Waals surface area contributed by atoms with Crippen LogP contribution in [0.3, 0.4) is 0 Å². The standard InChI is InChI=1S/C34H21F2OP/c35-23-13-17-25(18-14-23)38(37,26-19-15-24(36)16-20-26)34-27-8-2-1-7-22(27)21-32-30-11-4-3-9-28(30)29-10-5-6-12-31(29)33(32)34/h1-21H. The molecule has 0 aromatic heterocycles. The van der Waals surface area contributed by atoms with Crippen LogP contribution in [0.25, 0.3) is 43.1 Å². The molecule has 7 rings (SSSR count). The number of hydrogen-bond acceptors (Lipinski definition) is 1. The van der Waals surface area contributed by atoms with E-state index >= 15 is 4.57 Å². The number of rotatable bonds is 3. The Morgan fingerprint density at radius 1 is 0.447 bits per heavy atom. The van der Waals surface area contributed by atoms with Gasteiger partial charge in [-0.3, -0.25) is 0 Å². The Balaban J connectivity index is 1.79. The van der Waals surface area contributed by atoms with Gasteiger partial charge in [0, 0.05) is 21.3 Å². The van der Waals surface area contributed by atoms with Crippen molar-refractivity contribution in [2.24, 2.45) is 0 Å². The molecule has 0 heterocycles. The van der Waals surface area contributed by atoms with Gasteiger partial charge in [0.05, 0.1) is 0 Å². The van der Waals surface area contributed by atoms with Crippen LogP contribution in [0.1, 0.15) is 0 Å². The summed E-state index contributed by atoms with van der Waals surface area (Å²) in [6.07, 6.45) is 0. The highest BCUT2D eigenvalue weighted by atomic mass is 31.2. The third-order valence-corrected chi connectivity index (χ3v) is 10.6. The van der Waals surface area contributed by atoms with Gasteiger partial charge in [-0.2, -0.15) is 0 Å². The summed E-state index contributed by atoms with van der Waals surface area (Å²) in [5, 5.41) is 9.65. The maximum absolute atomic E-state index is 15.8. The molecule has 38 heavy (non-hydrogen) atoms. The Kier molecular flexibility index (Phi) is 5.18. The molecule has 0 spiro atoms. The maximum Gasteiger partial charge on any atom is 0.172 e. The van der Waals surface area contributed by atoms with Crippen LogP contribution in [-0.4, -0.2) is 0 Å². The van der Waals surface area contributed by atoms with Gasteiger partial charge in [-0.05, 0) is 92.3 Å². The SMILES string of the molecule is O=P(c1ccc(F)cc1)(c1ccc(F)cc1)c1c2ccccc2cc2c3ccccc3c3ccccc3c12. The molecule has 0 atom stereocenters. The van der Waals surface area contributed by atoms with Crippen LogP contribution < -0.4 is 15.9 Å². The minimum atomic E-state index is -3.62. The lowest BCUT2D eigenvalue weighted by molar-refractivity contribution is 0.592. The van der Waals surface area contributed by atoms with Crippen LogP contribution in [0, 0.1) is 11.6 Å². The summed E-state index contributed by atoms with van der Waals surface area (Å²) in [7, 11) is -3.62. The van der Waals surface area contributed by atoms with E-state index in [-0.39, 0.29) is 0 Å². The summed E-state index contributed by atoms with van der Waals surface area (Å²) in [4.78, 5) is 0. The van der Waals surface area contributed by atoms with E-state index in [0.717, 1.165) is 43.1 Å². The van der Waals surface area contributed by atoms with Gasteiger partial charge in [-0.1, -0.05) is 72.8 Å². The van der Waals surface area contributed by atoms with Crippen LogP contribution in [0.5, 0.6) is 0 Å². The van der Waals surface area contributed by atoms with Crippen molar-refractivity contribution in [2.45, 2.75) is 0 Å². The van der Waals surface area contributed by atoms with Gasteiger partial charge < -0.3 is 4.57 Å². The zero-order chi connectivity index (χ0) is 25.9. The molecule has 7 aromatic rings. The molecule has 0 fully saturated rings. The van der Waals surface area contributed by atoms with Crippen molar-refractivity contribution in [3.8, 4) is 0 Å². The maximum atomic E-state index is 15.8. The first-order valence-electron chi connectivity index (χ1n) is 12.4. The van der Waals surface area contributed by atoms with Crippen molar-refractivity contribution < 1.29 is 13.3 Å². The molecule has 0 bridgehead atoms. The van der Waals surface area contributed by atoms with Crippen molar-refractivity contribution in [1.82, 2.24) is 0 Å². The number of halogens is 2. The fourth-order valence-corrected chi connectivity index (χ4v) is 8.79. The van der Waals surface area contributed by atoms with Crippen LogP contribution in [0.15, 0.2) is 127 Å². The minimum Gasteiger partial charge on any atom is -0.309 e. The average Bonchev–Trinajstić information content (AvgIpc) is 2.96. The molecule has 0 aliphatic rings. The Morgan fingerprint density at radius 3 is 1.42 bits per heavy atom. The lowest BCUT2D eigenvalue weighted by atomic mass is 9.92. The molecule has 7 aromatic carbocycles. The lowest BCUT2D eigenvalue weighted by Crippen LogP contribution is -2.26. The van der Waals surface area contributed by atoms with E-state index in [2.05, 4.69) is 30.3 Å². The van der Waals surface area contributed by atoms with Gasteiger partial charge in [0.2, 0.25) is 0 Å². The number of benzene rings is 7. The fraction of sp³-hybridized carbons (Fsp3) is 0. The topological polar surface area (TPSA) is 17.1 Å². The molecule has 1 nitrogen and oxygen atoms in total. The Hall–Kier alpha value is -4.33. The van der Waals surface area contributed by atoms with E-state index in [9.17, 15) is 8.78 Å². The molecule has 0 aliphatic carbocycles. The summed E-state index contributed by atoms with van der Waals surface area (Å²) < 4.78 is 44.0. The van der Waals surface area contributed by atoms with Gasteiger partial charge in [0.1, 0.15) is 11.6 Å². The van der Waals surface area contributed by atoms with E-state index in [1.54, 1.807) is 24.3 Å². The molecule has 0 aliphatic heterocycles. The number of fused-ring (bicyclic) bond motifs is 7. The zero-order valence-electron chi connectivity index (χ0n) is 20.2. The summed E-state index contributed by atoms with van der Waals surface area (Å²) in [6, 6.07) is 38.3. The first-order valence-corrected chi connectivity index (χ1v) is 14.1. The first kappa shape index (κ1) is 22.8. The quantitative estimate of drug-likeness (QED) is 0.132. The van der Waals surface area contributed by atoms with Crippen LogP contribution in [0.4, 0.5) is 8.78 Å². The van der Waals surface area contributed by atoms with Crippen molar-refractivity contribution in [3.05, 3.63) is 139 Å². The molecular formula is C34H21F2OP. The molecule has 182 valence electrons. The van der Waals surface area contributed by atoms with Crippen molar-refractivity contribution in [1.29, 1.82) is 0 Å². The highest BCUT2D eigenvalue weighted by molar-refractivity contribution is 7.86. The molecule has 0 amide bonds. The van der Waals surface area contributed by atoms with Crippen LogP contribution in [-0.2, 0) is 4.57 Å². The number of hydrogen-bond donors (Lipinski definition) is 0. The second-order valence-electron chi connectivity index (χ2n) is 9.52. The third kappa shape index (κ3) is 3.32. The Bertz CT molecular complexity index is 2010. The average molecular weight is 515 g/mol. The van der Waals surface area contributed by atoms with Crippen molar-refractivity contribution in [3.63, 3.8) is 0 Å². The van der Waals surface area contributed by atoms with Crippen LogP contribution in [0.2, 0.25) is 0 Å². The lowest BCUT2D eigenvalue weighted by Gasteiger charge is -2.25. The summed E-state index contributed by atoms with van der Waals surface area (Å²) in [6.45, 7) is 0. The molecule has 4 heteroatoms. The molecule has 0 N–H and O–H groups in total. The molecule has 0 radical (unpaired) electrons. The molecule has 0 saturated heterocycles. The van der Waals surface area contributed by atoms with Gasteiger partial charge in [-0.25, -0.2) is 8.78 Å². The zero-order valence-corrected chi connectivity index (χ0v) is 21.1. The predicted molar refractivity (Wildman–Crippen MR) is 156 cm³/mol. The van der Waals surface area contributed by atoms with Crippen molar-refractivity contribution in [2.75, 3.05) is 0 Å². The fourth-order valence-electron chi connectivity index (χ4n) is 5.74. The third-order valence-electron chi connectivity index (χ3n) is 7.42. The van der Waals surface area contributed by atoms with E-state index < -0.39 is 18.8 Å². The van der Waals surface area contributed by atoms with Gasteiger partial charge >= 0.3 is 0 Å². The van der Waals surface area contributed by atoms with E-state index in [4.69, 9.17) is 0 Å². The van der Waals surface area contributed by atoms with E-state index in [0.29, 0.717) is 15.9 Å². The second-order valence-corrected chi connectivity index (χ2v) is 12.2. The first-order chi connectivity index (χ1) is 18.6. The predicted octanol–water partition coefficient (Wildman–Crippen LogP) is 8.22. The molecule has 0 unspecified atom stereocenters. The van der Waals surface area contributed by atoms with Crippen molar-refractivity contribution >= 4 is 66.1 Å². The highest BCUT2D eigenvalue weighted by Gasteiger charge is 2.34. The molecular weight excluding hydrogens is 493 g/mol. The summed E-state index contributed by atoms with van der Waals surface area (Å²) in [5.41, 5.74) is 0. The second kappa shape index (κ2) is 8.62.